The van der Waals surface area contributed by atoms with Crippen molar-refractivity contribution in [2.24, 2.45) is 5.73 Å². The van der Waals surface area contributed by atoms with Gasteiger partial charge in [0.15, 0.2) is 0 Å². The molecule has 1 aliphatic carbocycles. The Morgan fingerprint density at radius 2 is 2.05 bits per heavy atom. The third-order valence-corrected chi connectivity index (χ3v) is 3.90. The minimum absolute atomic E-state index is 0.169. The molecule has 1 aromatic carbocycles. The molecule has 1 heterocycles. The summed E-state index contributed by atoms with van der Waals surface area (Å²) in [5, 5.41) is 8.87. The molecule has 3 heteroatoms. The topological polar surface area (TPSA) is 54.7 Å². The number of aromatic nitrogens is 1. The van der Waals surface area contributed by atoms with Crippen LogP contribution in [-0.4, -0.2) is 4.57 Å². The zero-order valence-corrected chi connectivity index (χ0v) is 11.1. The lowest BCUT2D eigenvalue weighted by molar-refractivity contribution is 0.560. The highest BCUT2D eigenvalue weighted by Crippen LogP contribution is 2.32. The average Bonchev–Trinajstić information content (AvgIpc) is 2.77. The number of aryl methyl sites for hydroxylation is 1. The fraction of sp³-hybridized carbons (Fsp3) is 0.312. The normalized spacial score (nSPS) is 17.8. The largest absolute Gasteiger partial charge is 0.324 e. The Labute approximate surface area is 113 Å². The van der Waals surface area contributed by atoms with Crippen LogP contribution in [0.25, 0.3) is 5.69 Å². The maximum absolute atomic E-state index is 8.87. The molecule has 2 aromatic rings. The predicted molar refractivity (Wildman–Crippen MR) is 75.1 cm³/mol. The highest BCUT2D eigenvalue weighted by molar-refractivity contribution is 5.46. The fourth-order valence-electron chi connectivity index (χ4n) is 2.98. The average molecular weight is 251 g/mol. The van der Waals surface area contributed by atoms with Crippen molar-refractivity contribution in [3.8, 4) is 11.8 Å². The third-order valence-electron chi connectivity index (χ3n) is 3.90. The minimum Gasteiger partial charge on any atom is -0.324 e. The van der Waals surface area contributed by atoms with Crippen LogP contribution in [0.3, 0.4) is 0 Å². The second kappa shape index (κ2) is 4.56. The second-order valence-corrected chi connectivity index (χ2v) is 5.18. The summed E-state index contributed by atoms with van der Waals surface area (Å²) in [7, 11) is 0. The predicted octanol–water partition coefficient (Wildman–Crippen LogP) is 2.99. The van der Waals surface area contributed by atoms with Gasteiger partial charge in [0, 0.05) is 23.1 Å². The monoisotopic (exact) mass is 251 g/mol. The van der Waals surface area contributed by atoms with E-state index in [2.05, 4.69) is 23.6 Å². The fourth-order valence-corrected chi connectivity index (χ4v) is 2.98. The lowest BCUT2D eigenvalue weighted by atomic mass is 9.93. The van der Waals surface area contributed by atoms with Crippen LogP contribution in [0, 0.1) is 18.3 Å². The van der Waals surface area contributed by atoms with Gasteiger partial charge in [0.1, 0.15) is 0 Å². The molecule has 0 saturated heterocycles. The molecule has 19 heavy (non-hydrogen) atoms. The van der Waals surface area contributed by atoms with Crippen LogP contribution in [0.5, 0.6) is 0 Å². The summed E-state index contributed by atoms with van der Waals surface area (Å²) in [6.07, 6.45) is 3.30. The molecule has 1 aliphatic rings. The summed E-state index contributed by atoms with van der Waals surface area (Å²) in [4.78, 5) is 0. The van der Waals surface area contributed by atoms with Crippen molar-refractivity contribution < 1.29 is 0 Å². The second-order valence-electron chi connectivity index (χ2n) is 5.18. The molecule has 96 valence electrons. The van der Waals surface area contributed by atoms with E-state index in [0.29, 0.717) is 5.56 Å². The number of rotatable bonds is 1. The number of nitriles is 1. The third kappa shape index (κ3) is 1.94. The SMILES string of the molecule is Cc1cc2c(n1-c1ccc(C#N)cc1)CCCC2N. The first-order valence-corrected chi connectivity index (χ1v) is 6.68. The lowest BCUT2D eigenvalue weighted by Crippen LogP contribution is -2.17. The molecule has 0 fully saturated rings. The van der Waals surface area contributed by atoms with Gasteiger partial charge in [0.05, 0.1) is 11.6 Å². The standard InChI is InChI=1S/C16H17N3/c1-11-9-14-15(18)3-2-4-16(14)19(11)13-7-5-12(10-17)6-8-13/h5-9,15H,2-4,18H2,1H3. The Hall–Kier alpha value is -2.05. The van der Waals surface area contributed by atoms with Gasteiger partial charge < -0.3 is 10.3 Å². The van der Waals surface area contributed by atoms with E-state index in [1.54, 1.807) is 0 Å². The molecule has 3 nitrogen and oxygen atoms in total. The highest BCUT2D eigenvalue weighted by atomic mass is 15.0. The molecule has 0 bridgehead atoms. The van der Waals surface area contributed by atoms with Crippen LogP contribution in [0.15, 0.2) is 30.3 Å². The van der Waals surface area contributed by atoms with Gasteiger partial charge in [-0.2, -0.15) is 5.26 Å². The summed E-state index contributed by atoms with van der Waals surface area (Å²) < 4.78 is 2.27. The van der Waals surface area contributed by atoms with Gasteiger partial charge in [-0.25, -0.2) is 0 Å². The first kappa shape index (κ1) is 12.0. The van der Waals surface area contributed by atoms with E-state index in [9.17, 15) is 0 Å². The molecule has 1 atom stereocenters. The van der Waals surface area contributed by atoms with Gasteiger partial charge in [0.2, 0.25) is 0 Å². The van der Waals surface area contributed by atoms with Gasteiger partial charge in [-0.3, -0.25) is 0 Å². The van der Waals surface area contributed by atoms with Crippen molar-refractivity contribution in [2.45, 2.75) is 32.2 Å². The van der Waals surface area contributed by atoms with Gasteiger partial charge in [-0.05, 0) is 62.1 Å². The zero-order valence-electron chi connectivity index (χ0n) is 11.1. The first-order valence-electron chi connectivity index (χ1n) is 6.68. The van der Waals surface area contributed by atoms with Crippen LogP contribution in [-0.2, 0) is 6.42 Å². The maximum atomic E-state index is 8.87. The number of hydrogen-bond donors (Lipinski definition) is 1. The van der Waals surface area contributed by atoms with Crippen LogP contribution >= 0.6 is 0 Å². The van der Waals surface area contributed by atoms with Crippen molar-refractivity contribution in [2.75, 3.05) is 0 Å². The van der Waals surface area contributed by atoms with Crippen molar-refractivity contribution in [3.63, 3.8) is 0 Å². The molecule has 3 rings (SSSR count). The van der Waals surface area contributed by atoms with E-state index >= 15 is 0 Å². The van der Waals surface area contributed by atoms with E-state index < -0.39 is 0 Å². The van der Waals surface area contributed by atoms with Crippen molar-refractivity contribution in [1.82, 2.24) is 4.57 Å². The van der Waals surface area contributed by atoms with Gasteiger partial charge >= 0.3 is 0 Å². The summed E-state index contributed by atoms with van der Waals surface area (Å²) in [6.45, 7) is 2.11. The Morgan fingerprint density at radius 1 is 1.32 bits per heavy atom. The Morgan fingerprint density at radius 3 is 2.74 bits per heavy atom. The van der Waals surface area contributed by atoms with E-state index in [-0.39, 0.29) is 6.04 Å². The first-order chi connectivity index (χ1) is 9.20. The minimum atomic E-state index is 0.169. The number of benzene rings is 1. The van der Waals surface area contributed by atoms with Crippen molar-refractivity contribution >= 4 is 0 Å². The van der Waals surface area contributed by atoms with Crippen molar-refractivity contribution in [1.29, 1.82) is 5.26 Å². The highest BCUT2D eigenvalue weighted by Gasteiger charge is 2.22. The Bertz CT molecular complexity index is 644. The van der Waals surface area contributed by atoms with E-state index in [0.717, 1.165) is 24.9 Å². The molecule has 2 N–H and O–H groups in total. The molecule has 0 saturated carbocycles. The molecular weight excluding hydrogens is 234 g/mol. The van der Waals surface area contributed by atoms with Crippen LogP contribution in [0.4, 0.5) is 0 Å². The molecule has 0 spiro atoms. The summed E-state index contributed by atoms with van der Waals surface area (Å²) >= 11 is 0. The van der Waals surface area contributed by atoms with E-state index in [1.807, 2.05) is 24.3 Å². The number of hydrogen-bond acceptors (Lipinski definition) is 2. The number of fused-ring (bicyclic) bond motifs is 1. The molecular formula is C16H17N3. The molecule has 0 aliphatic heterocycles. The smallest absolute Gasteiger partial charge is 0.0991 e. The number of nitrogens with zero attached hydrogens (tertiary/aromatic N) is 2. The Balaban J connectivity index is 2.12. The van der Waals surface area contributed by atoms with Crippen LogP contribution in [0.2, 0.25) is 0 Å². The van der Waals surface area contributed by atoms with Crippen molar-refractivity contribution in [3.05, 3.63) is 52.8 Å². The Kier molecular flexibility index (Phi) is 2.88. The quantitative estimate of drug-likeness (QED) is 0.847. The zero-order chi connectivity index (χ0) is 13.4. The van der Waals surface area contributed by atoms with Gasteiger partial charge in [0.25, 0.3) is 0 Å². The summed E-state index contributed by atoms with van der Waals surface area (Å²) in [5.74, 6) is 0. The summed E-state index contributed by atoms with van der Waals surface area (Å²) in [5.41, 5.74) is 11.8. The van der Waals surface area contributed by atoms with E-state index in [1.165, 1.54) is 17.0 Å². The molecule has 1 aromatic heterocycles. The lowest BCUT2D eigenvalue weighted by Gasteiger charge is -2.21. The molecule has 1 unspecified atom stereocenters. The molecule has 0 amide bonds. The van der Waals surface area contributed by atoms with Crippen LogP contribution in [0.1, 0.15) is 41.4 Å². The molecule has 0 radical (unpaired) electrons. The van der Waals surface area contributed by atoms with Gasteiger partial charge in [-0.15, -0.1) is 0 Å². The summed E-state index contributed by atoms with van der Waals surface area (Å²) in [6, 6.07) is 12.3. The van der Waals surface area contributed by atoms with Crippen LogP contribution < -0.4 is 5.73 Å². The van der Waals surface area contributed by atoms with Gasteiger partial charge in [-0.1, -0.05) is 0 Å². The van der Waals surface area contributed by atoms with E-state index in [4.69, 9.17) is 11.0 Å². The maximum Gasteiger partial charge on any atom is 0.0991 e. The number of nitrogens with two attached hydrogens (primary N) is 1.